The van der Waals surface area contributed by atoms with E-state index in [0.717, 1.165) is 6.42 Å². The smallest absolute Gasteiger partial charge is 0.307 e. The lowest BCUT2D eigenvalue weighted by Gasteiger charge is -2.28. The highest BCUT2D eigenvalue weighted by atomic mass is 16.5. The second-order valence-electron chi connectivity index (χ2n) is 8.60. The van der Waals surface area contributed by atoms with E-state index < -0.39 is 12.1 Å². The molecule has 0 spiro atoms. The van der Waals surface area contributed by atoms with Crippen LogP contribution < -0.4 is 10.1 Å². The number of fused-ring (bicyclic) bond motifs is 1. The van der Waals surface area contributed by atoms with Crippen molar-refractivity contribution in [2.75, 3.05) is 13.2 Å². The van der Waals surface area contributed by atoms with Crippen molar-refractivity contribution >= 4 is 16.7 Å². The molecule has 0 aromatic heterocycles. The zero-order chi connectivity index (χ0) is 23.1. The molecule has 1 atom stereocenters. The number of aliphatic carboxylic acids is 1. The summed E-state index contributed by atoms with van der Waals surface area (Å²) in [7, 11) is 0. The number of β-amino-alcohol motifs (C(OH)–C–C–N with tert-alkyl or cyclic N) is 1. The van der Waals surface area contributed by atoms with E-state index in [2.05, 4.69) is 49.5 Å². The number of carboxylic acid groups (broad SMARTS) is 1. The Labute approximate surface area is 188 Å². The largest absolute Gasteiger partial charge is 0.489 e. The molecule has 0 bridgehead atoms. The monoisotopic (exact) mass is 432 g/mol. The molecule has 6 nitrogen and oxygen atoms in total. The van der Waals surface area contributed by atoms with Crippen LogP contribution in [-0.2, 0) is 17.6 Å². The van der Waals surface area contributed by atoms with Crippen LogP contribution in [0.25, 0.3) is 10.8 Å². The van der Waals surface area contributed by atoms with Crippen molar-refractivity contribution in [3.63, 3.8) is 0 Å². The van der Waals surface area contributed by atoms with Gasteiger partial charge in [-0.25, -0.2) is 0 Å². The van der Waals surface area contributed by atoms with Crippen LogP contribution in [0, 0.1) is 11.3 Å². The molecule has 0 radical (unpaired) electrons. The topological polar surface area (TPSA) is 103 Å². The van der Waals surface area contributed by atoms with E-state index in [1.54, 1.807) is 6.07 Å². The molecule has 0 saturated carbocycles. The predicted octanol–water partition coefficient (Wildman–Crippen LogP) is 3.69. The molecule has 0 heterocycles. The quantitative estimate of drug-likeness (QED) is 0.452. The summed E-state index contributed by atoms with van der Waals surface area (Å²) in [5.41, 5.74) is 1.80. The number of rotatable bonds is 10. The SMILES string of the molecule is CC(C)(Cc1ccc2ccccc2c1)NC[C@@H](O)COc1cc(CC(=O)O)ccc1C#N. The molecule has 3 N–H and O–H groups in total. The van der Waals surface area contributed by atoms with Gasteiger partial charge in [-0.3, -0.25) is 4.79 Å². The standard InChI is InChI=1S/C26H28N2O4/c1-26(2,14-19-8-9-20-5-3-4-6-21(20)11-19)28-16-23(29)17-32-24-12-18(13-25(30)31)7-10-22(24)15-27/h3-12,23,28-29H,13-14,16-17H2,1-2H3,(H,30,31)/t23-/m1/s1. The first-order chi connectivity index (χ1) is 15.3. The molecule has 3 rings (SSSR count). The Kier molecular flexibility index (Phi) is 7.47. The summed E-state index contributed by atoms with van der Waals surface area (Å²) in [6.07, 6.45) is -0.156. The van der Waals surface area contributed by atoms with Crippen LogP contribution >= 0.6 is 0 Å². The van der Waals surface area contributed by atoms with Crippen molar-refractivity contribution in [2.24, 2.45) is 0 Å². The Bertz CT molecular complexity index is 1130. The van der Waals surface area contributed by atoms with Crippen molar-refractivity contribution in [3.05, 3.63) is 77.4 Å². The van der Waals surface area contributed by atoms with Crippen molar-refractivity contribution < 1.29 is 19.7 Å². The third-order valence-corrected chi connectivity index (χ3v) is 5.23. The number of hydrogen-bond acceptors (Lipinski definition) is 5. The summed E-state index contributed by atoms with van der Waals surface area (Å²) in [4.78, 5) is 10.9. The van der Waals surface area contributed by atoms with Crippen molar-refractivity contribution in [1.29, 1.82) is 5.26 Å². The van der Waals surface area contributed by atoms with E-state index in [1.807, 2.05) is 18.2 Å². The number of benzene rings is 3. The third-order valence-electron chi connectivity index (χ3n) is 5.23. The number of nitrogens with zero attached hydrogens (tertiary/aromatic N) is 1. The second-order valence-corrected chi connectivity index (χ2v) is 8.60. The van der Waals surface area contributed by atoms with E-state index in [9.17, 15) is 15.2 Å². The highest BCUT2D eigenvalue weighted by Crippen LogP contribution is 2.21. The highest BCUT2D eigenvalue weighted by Gasteiger charge is 2.20. The lowest BCUT2D eigenvalue weighted by molar-refractivity contribution is -0.136. The number of hydrogen-bond donors (Lipinski definition) is 3. The van der Waals surface area contributed by atoms with Crippen LogP contribution in [0.5, 0.6) is 5.75 Å². The first-order valence-corrected chi connectivity index (χ1v) is 10.5. The van der Waals surface area contributed by atoms with Gasteiger partial charge in [0.15, 0.2) is 0 Å². The number of aliphatic hydroxyl groups excluding tert-OH is 1. The summed E-state index contributed by atoms with van der Waals surface area (Å²) in [6.45, 7) is 4.47. The highest BCUT2D eigenvalue weighted by molar-refractivity contribution is 5.83. The van der Waals surface area contributed by atoms with E-state index in [-0.39, 0.29) is 24.3 Å². The number of aliphatic hydroxyl groups is 1. The maximum atomic E-state index is 10.9. The fourth-order valence-corrected chi connectivity index (χ4v) is 3.62. The molecule has 6 heteroatoms. The van der Waals surface area contributed by atoms with Gasteiger partial charge in [-0.1, -0.05) is 48.5 Å². The summed E-state index contributed by atoms with van der Waals surface area (Å²) >= 11 is 0. The number of nitriles is 1. The molecule has 0 unspecified atom stereocenters. The van der Waals surface area contributed by atoms with Gasteiger partial charge in [0, 0.05) is 12.1 Å². The van der Waals surface area contributed by atoms with Crippen LogP contribution in [0.3, 0.4) is 0 Å². The summed E-state index contributed by atoms with van der Waals surface area (Å²) < 4.78 is 5.64. The Morgan fingerprint density at radius 3 is 2.53 bits per heavy atom. The van der Waals surface area contributed by atoms with Gasteiger partial charge < -0.3 is 20.3 Å². The van der Waals surface area contributed by atoms with Gasteiger partial charge >= 0.3 is 5.97 Å². The molecule has 0 saturated heterocycles. The minimum Gasteiger partial charge on any atom is -0.489 e. The van der Waals surface area contributed by atoms with Crippen LogP contribution in [0.15, 0.2) is 60.7 Å². The number of carboxylic acids is 1. The molecular weight excluding hydrogens is 404 g/mol. The number of carbonyl (C=O) groups is 1. The first-order valence-electron chi connectivity index (χ1n) is 10.5. The Morgan fingerprint density at radius 1 is 1.09 bits per heavy atom. The van der Waals surface area contributed by atoms with Gasteiger partial charge in [0.1, 0.15) is 24.5 Å². The van der Waals surface area contributed by atoms with E-state index in [4.69, 9.17) is 9.84 Å². The molecule has 0 fully saturated rings. The minimum atomic E-state index is -0.960. The maximum Gasteiger partial charge on any atom is 0.307 e. The molecule has 3 aromatic carbocycles. The van der Waals surface area contributed by atoms with Crippen LogP contribution in [0.4, 0.5) is 0 Å². The van der Waals surface area contributed by atoms with Crippen molar-refractivity contribution in [1.82, 2.24) is 5.32 Å². The predicted molar refractivity (Wildman–Crippen MR) is 124 cm³/mol. The lowest BCUT2D eigenvalue weighted by Crippen LogP contribution is -2.46. The van der Waals surface area contributed by atoms with E-state index in [0.29, 0.717) is 17.7 Å². The Balaban J connectivity index is 1.55. The van der Waals surface area contributed by atoms with Gasteiger partial charge in [0.2, 0.25) is 0 Å². The average Bonchev–Trinajstić information content (AvgIpc) is 2.75. The Morgan fingerprint density at radius 2 is 1.81 bits per heavy atom. The van der Waals surface area contributed by atoms with Crippen LogP contribution in [-0.4, -0.2) is 41.0 Å². The van der Waals surface area contributed by atoms with Gasteiger partial charge in [0.05, 0.1) is 12.0 Å². The lowest BCUT2D eigenvalue weighted by atomic mass is 9.93. The van der Waals surface area contributed by atoms with E-state index in [1.165, 1.54) is 28.5 Å². The molecule has 0 aliphatic heterocycles. The van der Waals surface area contributed by atoms with Gasteiger partial charge in [0.25, 0.3) is 0 Å². The zero-order valence-electron chi connectivity index (χ0n) is 18.3. The summed E-state index contributed by atoms with van der Waals surface area (Å²) in [5, 5.41) is 34.4. The van der Waals surface area contributed by atoms with Crippen molar-refractivity contribution in [3.8, 4) is 11.8 Å². The average molecular weight is 433 g/mol. The molecule has 0 aliphatic rings. The normalized spacial score (nSPS) is 12.3. The molecule has 3 aromatic rings. The zero-order valence-corrected chi connectivity index (χ0v) is 18.3. The van der Waals surface area contributed by atoms with Gasteiger partial charge in [-0.2, -0.15) is 5.26 Å². The molecule has 0 aliphatic carbocycles. The summed E-state index contributed by atoms with van der Waals surface area (Å²) in [6, 6.07) is 21.4. The fraction of sp³-hybridized carbons (Fsp3) is 0.308. The second kappa shape index (κ2) is 10.3. The van der Waals surface area contributed by atoms with Crippen LogP contribution in [0.1, 0.15) is 30.5 Å². The minimum absolute atomic E-state index is 0.00966. The van der Waals surface area contributed by atoms with Crippen LogP contribution in [0.2, 0.25) is 0 Å². The summed E-state index contributed by atoms with van der Waals surface area (Å²) in [5.74, 6) is -0.681. The maximum absolute atomic E-state index is 10.9. The Hall–Kier alpha value is -3.40. The molecule has 166 valence electrons. The number of ether oxygens (including phenoxy) is 1. The fourth-order valence-electron chi connectivity index (χ4n) is 3.62. The third kappa shape index (κ3) is 6.55. The molecule has 32 heavy (non-hydrogen) atoms. The van der Waals surface area contributed by atoms with Gasteiger partial charge in [-0.15, -0.1) is 0 Å². The molecular formula is C26H28N2O4. The van der Waals surface area contributed by atoms with Crippen molar-refractivity contribution in [2.45, 2.75) is 38.3 Å². The van der Waals surface area contributed by atoms with E-state index >= 15 is 0 Å². The van der Waals surface area contributed by atoms with Gasteiger partial charge in [-0.05, 0) is 54.3 Å². The number of nitrogens with one attached hydrogen (secondary N) is 1. The molecule has 0 amide bonds. The first kappa shape index (κ1) is 23.3.